The minimum Gasteiger partial charge on any atom is -0.508 e. The Balaban J connectivity index is 2.19. The standard InChI is InChI=1S/C25H25O3P/c1-3-8-20-16-22(12-14-24(20)26)29(28,18-19-10-6-5-7-11-19)23-13-15-25(27)21(17-23)9-4-2/h3-7,10-17,26-27H,1-2,8-9,18H2. The van der Waals surface area contributed by atoms with E-state index in [-0.39, 0.29) is 11.5 Å². The fourth-order valence-corrected chi connectivity index (χ4v) is 6.15. The van der Waals surface area contributed by atoms with Gasteiger partial charge >= 0.3 is 0 Å². The number of benzene rings is 3. The van der Waals surface area contributed by atoms with Crippen LogP contribution in [0, 0.1) is 0 Å². The van der Waals surface area contributed by atoms with E-state index in [1.54, 1.807) is 48.6 Å². The second-order valence-electron chi connectivity index (χ2n) is 7.00. The predicted octanol–water partition coefficient (Wildman–Crippen LogP) is 5.07. The van der Waals surface area contributed by atoms with Crippen LogP contribution in [0.15, 0.2) is 92.0 Å². The van der Waals surface area contributed by atoms with E-state index in [0.29, 0.717) is 40.7 Å². The second kappa shape index (κ2) is 8.98. The van der Waals surface area contributed by atoms with E-state index in [9.17, 15) is 14.8 Å². The van der Waals surface area contributed by atoms with E-state index in [1.165, 1.54) is 0 Å². The van der Waals surface area contributed by atoms with Crippen LogP contribution in [0.5, 0.6) is 11.5 Å². The number of rotatable bonds is 8. The summed E-state index contributed by atoms with van der Waals surface area (Å²) in [6, 6.07) is 20.0. The highest BCUT2D eigenvalue weighted by Gasteiger charge is 2.29. The van der Waals surface area contributed by atoms with Crippen LogP contribution in [0.25, 0.3) is 0 Å². The maximum Gasteiger partial charge on any atom is 0.147 e. The molecule has 0 unspecified atom stereocenters. The number of aromatic hydroxyl groups is 2. The van der Waals surface area contributed by atoms with Gasteiger partial charge in [-0.05, 0) is 65.9 Å². The molecule has 0 atom stereocenters. The van der Waals surface area contributed by atoms with Crippen molar-refractivity contribution in [1.82, 2.24) is 0 Å². The van der Waals surface area contributed by atoms with Gasteiger partial charge in [-0.25, -0.2) is 0 Å². The molecule has 0 saturated carbocycles. The molecule has 0 saturated heterocycles. The Bertz CT molecular complexity index is 1010. The lowest BCUT2D eigenvalue weighted by Gasteiger charge is -2.21. The third-order valence-electron chi connectivity index (χ3n) is 4.94. The molecule has 0 bridgehead atoms. The van der Waals surface area contributed by atoms with Gasteiger partial charge in [-0.2, -0.15) is 0 Å². The molecule has 0 aromatic heterocycles. The quantitative estimate of drug-likeness (QED) is 0.407. The monoisotopic (exact) mass is 404 g/mol. The summed E-state index contributed by atoms with van der Waals surface area (Å²) < 4.78 is 14.5. The molecule has 0 fully saturated rings. The Morgan fingerprint density at radius 3 is 1.69 bits per heavy atom. The van der Waals surface area contributed by atoms with Crippen molar-refractivity contribution >= 4 is 17.8 Å². The van der Waals surface area contributed by atoms with E-state index in [1.807, 2.05) is 30.3 Å². The zero-order valence-corrected chi connectivity index (χ0v) is 17.2. The Morgan fingerprint density at radius 2 is 1.24 bits per heavy atom. The van der Waals surface area contributed by atoms with E-state index in [0.717, 1.165) is 5.56 Å². The van der Waals surface area contributed by atoms with Gasteiger partial charge in [0.2, 0.25) is 0 Å². The topological polar surface area (TPSA) is 57.5 Å². The van der Waals surface area contributed by atoms with Gasteiger partial charge in [0.25, 0.3) is 0 Å². The molecule has 0 aliphatic heterocycles. The lowest BCUT2D eigenvalue weighted by atomic mass is 10.1. The fourth-order valence-electron chi connectivity index (χ4n) is 3.40. The number of phenols is 2. The molecule has 3 aromatic rings. The van der Waals surface area contributed by atoms with Crippen molar-refractivity contribution in [2.45, 2.75) is 19.0 Å². The molecule has 0 radical (unpaired) electrons. The Labute approximate surface area is 172 Å². The van der Waals surface area contributed by atoms with Crippen molar-refractivity contribution in [2.24, 2.45) is 0 Å². The van der Waals surface area contributed by atoms with Gasteiger partial charge in [-0.1, -0.05) is 42.5 Å². The summed E-state index contributed by atoms with van der Waals surface area (Å²) in [7, 11) is -3.08. The van der Waals surface area contributed by atoms with Gasteiger partial charge in [-0.15, -0.1) is 13.2 Å². The number of allylic oxidation sites excluding steroid dienone is 2. The van der Waals surface area contributed by atoms with Crippen molar-refractivity contribution in [1.29, 1.82) is 0 Å². The van der Waals surface area contributed by atoms with Crippen LogP contribution in [-0.4, -0.2) is 10.2 Å². The van der Waals surface area contributed by atoms with Crippen molar-refractivity contribution in [2.75, 3.05) is 0 Å². The minimum absolute atomic E-state index is 0.165. The van der Waals surface area contributed by atoms with Gasteiger partial charge in [-0.3, -0.25) is 0 Å². The molecule has 29 heavy (non-hydrogen) atoms. The first-order chi connectivity index (χ1) is 14.0. The lowest BCUT2D eigenvalue weighted by molar-refractivity contribution is 0.469. The van der Waals surface area contributed by atoms with E-state index >= 15 is 0 Å². The van der Waals surface area contributed by atoms with E-state index < -0.39 is 7.14 Å². The molecule has 0 aliphatic rings. The van der Waals surface area contributed by atoms with Gasteiger partial charge < -0.3 is 14.8 Å². The summed E-state index contributed by atoms with van der Waals surface area (Å²) in [5.74, 6) is 0.330. The highest BCUT2D eigenvalue weighted by molar-refractivity contribution is 7.78. The summed E-state index contributed by atoms with van der Waals surface area (Å²) in [6.07, 6.45) is 4.75. The van der Waals surface area contributed by atoms with Crippen LogP contribution < -0.4 is 10.6 Å². The number of phenolic OH excluding ortho intramolecular Hbond substituents is 2. The van der Waals surface area contributed by atoms with Crippen LogP contribution in [-0.2, 0) is 23.6 Å². The number of hydrogen-bond acceptors (Lipinski definition) is 3. The minimum atomic E-state index is -3.08. The van der Waals surface area contributed by atoms with Gasteiger partial charge in [0.15, 0.2) is 0 Å². The summed E-state index contributed by atoms with van der Waals surface area (Å²) in [5.41, 5.74) is 2.35. The zero-order chi connectivity index (χ0) is 20.9. The Hall–Kier alpha value is -3.03. The first-order valence-corrected chi connectivity index (χ1v) is 11.4. The maximum absolute atomic E-state index is 14.5. The van der Waals surface area contributed by atoms with Crippen LogP contribution >= 0.6 is 7.14 Å². The fraction of sp³-hybridized carbons (Fsp3) is 0.120. The van der Waals surface area contributed by atoms with E-state index in [4.69, 9.17) is 0 Å². The first kappa shape index (κ1) is 20.7. The third-order valence-corrected chi connectivity index (χ3v) is 7.97. The molecular formula is C25H25O3P. The molecule has 2 N–H and O–H groups in total. The molecule has 0 amide bonds. The first-order valence-electron chi connectivity index (χ1n) is 9.47. The van der Waals surface area contributed by atoms with Crippen LogP contribution in [0.4, 0.5) is 0 Å². The Kier molecular flexibility index (Phi) is 6.41. The molecule has 3 rings (SSSR count). The molecule has 0 aliphatic carbocycles. The van der Waals surface area contributed by atoms with E-state index in [2.05, 4.69) is 13.2 Å². The summed E-state index contributed by atoms with van der Waals surface area (Å²) in [6.45, 7) is 7.48. The van der Waals surface area contributed by atoms with Gasteiger partial charge in [0.1, 0.15) is 18.6 Å². The molecule has 3 nitrogen and oxygen atoms in total. The molecule has 148 valence electrons. The van der Waals surface area contributed by atoms with Gasteiger partial charge in [0.05, 0.1) is 0 Å². The third kappa shape index (κ3) is 4.52. The average Bonchev–Trinajstić information content (AvgIpc) is 2.72. The highest BCUT2D eigenvalue weighted by Crippen LogP contribution is 2.48. The van der Waals surface area contributed by atoms with Crippen molar-refractivity contribution < 1.29 is 14.8 Å². The van der Waals surface area contributed by atoms with Crippen molar-refractivity contribution in [3.05, 3.63) is 109 Å². The summed E-state index contributed by atoms with van der Waals surface area (Å²) in [4.78, 5) is 0. The predicted molar refractivity (Wildman–Crippen MR) is 121 cm³/mol. The van der Waals surface area contributed by atoms with Crippen LogP contribution in [0.3, 0.4) is 0 Å². The zero-order valence-electron chi connectivity index (χ0n) is 16.3. The largest absolute Gasteiger partial charge is 0.508 e. The average molecular weight is 404 g/mol. The van der Waals surface area contributed by atoms with Gasteiger partial charge in [0, 0.05) is 16.8 Å². The van der Waals surface area contributed by atoms with Crippen molar-refractivity contribution in [3.63, 3.8) is 0 Å². The second-order valence-corrected chi connectivity index (χ2v) is 9.82. The molecular weight excluding hydrogens is 379 g/mol. The van der Waals surface area contributed by atoms with Crippen LogP contribution in [0.1, 0.15) is 16.7 Å². The molecule has 0 spiro atoms. The number of hydrogen-bond donors (Lipinski definition) is 2. The maximum atomic E-state index is 14.5. The SMILES string of the molecule is C=CCc1cc(P(=O)(Cc2ccccc2)c2ccc(O)c(CC=C)c2)ccc1O. The van der Waals surface area contributed by atoms with Crippen molar-refractivity contribution in [3.8, 4) is 11.5 Å². The normalized spacial score (nSPS) is 11.2. The van der Waals surface area contributed by atoms with Crippen LogP contribution in [0.2, 0.25) is 0 Å². The molecule has 4 heteroatoms. The molecule has 0 heterocycles. The summed E-state index contributed by atoms with van der Waals surface area (Å²) >= 11 is 0. The Morgan fingerprint density at radius 1 is 0.759 bits per heavy atom. The lowest BCUT2D eigenvalue weighted by Crippen LogP contribution is -2.19. The molecule has 3 aromatic carbocycles. The smallest absolute Gasteiger partial charge is 0.147 e. The summed E-state index contributed by atoms with van der Waals surface area (Å²) in [5, 5.41) is 21.7. The highest BCUT2D eigenvalue weighted by atomic mass is 31.2.